The molecule has 0 aliphatic carbocycles. The highest BCUT2D eigenvalue weighted by molar-refractivity contribution is 6.01. The van der Waals surface area contributed by atoms with E-state index in [1.807, 2.05) is 12.1 Å². The largest absolute Gasteiger partial charge is 0.464 e. The van der Waals surface area contributed by atoms with Crippen LogP contribution < -0.4 is 5.32 Å². The molecule has 0 unspecified atom stereocenters. The molecule has 2 aromatic rings. The maximum Gasteiger partial charge on any atom is 0.356 e. The van der Waals surface area contributed by atoms with Gasteiger partial charge < -0.3 is 10.1 Å². The number of methoxy groups -OCH3 is 1. The quantitative estimate of drug-likeness (QED) is 0.820. The minimum absolute atomic E-state index is 0.187. The van der Waals surface area contributed by atoms with Crippen molar-refractivity contribution in [3.8, 4) is 0 Å². The lowest BCUT2D eigenvalue weighted by Crippen LogP contribution is -2.08. The molecule has 0 aliphatic heterocycles. The summed E-state index contributed by atoms with van der Waals surface area (Å²) in [4.78, 5) is 26.7. The van der Waals surface area contributed by atoms with Crippen LogP contribution in [0.4, 0.5) is 5.69 Å². The van der Waals surface area contributed by atoms with Crippen LogP contribution >= 0.6 is 0 Å². The lowest BCUT2D eigenvalue weighted by atomic mass is 10.1. The van der Waals surface area contributed by atoms with E-state index < -0.39 is 5.97 Å². The summed E-state index contributed by atoms with van der Waals surface area (Å²) < 4.78 is 4.62. The number of carbonyl (C=O) groups excluding carboxylic acids is 2. The average molecular weight is 244 g/mol. The lowest BCUT2D eigenvalue weighted by molar-refractivity contribution is -0.114. The highest BCUT2D eigenvalue weighted by Crippen LogP contribution is 2.21. The average Bonchev–Trinajstić information content (AvgIpc) is 2.37. The number of para-hydroxylation sites is 1. The van der Waals surface area contributed by atoms with Gasteiger partial charge in [0.05, 0.1) is 18.3 Å². The SMILES string of the molecule is COC(=O)c1ccc2cccc(NC(C)=O)c2n1. The molecule has 0 atom stereocenters. The Morgan fingerprint density at radius 3 is 2.67 bits per heavy atom. The molecule has 0 saturated heterocycles. The molecule has 0 aliphatic rings. The molecule has 1 heterocycles. The van der Waals surface area contributed by atoms with Gasteiger partial charge >= 0.3 is 5.97 Å². The number of carbonyl (C=O) groups is 2. The van der Waals surface area contributed by atoms with E-state index in [4.69, 9.17) is 0 Å². The van der Waals surface area contributed by atoms with Gasteiger partial charge in [0.2, 0.25) is 5.91 Å². The van der Waals surface area contributed by atoms with Gasteiger partial charge in [0, 0.05) is 12.3 Å². The van der Waals surface area contributed by atoms with Crippen LogP contribution in [0.1, 0.15) is 17.4 Å². The van der Waals surface area contributed by atoms with Crippen molar-refractivity contribution in [3.05, 3.63) is 36.0 Å². The van der Waals surface area contributed by atoms with Crippen LogP contribution in [0.3, 0.4) is 0 Å². The fraction of sp³-hybridized carbons (Fsp3) is 0.154. The lowest BCUT2D eigenvalue weighted by Gasteiger charge is -2.07. The van der Waals surface area contributed by atoms with E-state index in [1.54, 1.807) is 18.2 Å². The van der Waals surface area contributed by atoms with Crippen molar-refractivity contribution >= 4 is 28.5 Å². The second kappa shape index (κ2) is 4.83. The monoisotopic (exact) mass is 244 g/mol. The third-order valence-electron chi connectivity index (χ3n) is 2.43. The van der Waals surface area contributed by atoms with E-state index in [2.05, 4.69) is 15.0 Å². The van der Waals surface area contributed by atoms with Crippen molar-refractivity contribution in [3.63, 3.8) is 0 Å². The zero-order chi connectivity index (χ0) is 13.1. The Labute approximate surface area is 104 Å². The molecule has 0 fully saturated rings. The summed E-state index contributed by atoms with van der Waals surface area (Å²) in [5.41, 5.74) is 1.35. The first-order valence-corrected chi connectivity index (χ1v) is 5.37. The maximum atomic E-state index is 11.4. The van der Waals surface area contributed by atoms with Gasteiger partial charge in [-0.3, -0.25) is 4.79 Å². The summed E-state index contributed by atoms with van der Waals surface area (Å²) in [6.07, 6.45) is 0. The number of pyridine rings is 1. The van der Waals surface area contributed by atoms with Crippen LogP contribution in [0, 0.1) is 0 Å². The van der Waals surface area contributed by atoms with Gasteiger partial charge in [0.15, 0.2) is 0 Å². The van der Waals surface area contributed by atoms with Gasteiger partial charge in [0.25, 0.3) is 0 Å². The van der Waals surface area contributed by atoms with Crippen LogP contribution in [-0.4, -0.2) is 24.0 Å². The van der Waals surface area contributed by atoms with Crippen molar-refractivity contribution < 1.29 is 14.3 Å². The number of nitrogens with zero attached hydrogens (tertiary/aromatic N) is 1. The molecule has 5 nitrogen and oxygen atoms in total. The van der Waals surface area contributed by atoms with Gasteiger partial charge in [-0.1, -0.05) is 18.2 Å². The van der Waals surface area contributed by atoms with E-state index in [0.717, 1.165) is 5.39 Å². The van der Waals surface area contributed by atoms with Crippen LogP contribution in [0.5, 0.6) is 0 Å². The summed E-state index contributed by atoms with van der Waals surface area (Å²) in [5, 5.41) is 3.52. The number of ether oxygens (including phenoxy) is 1. The number of anilines is 1. The molecule has 92 valence electrons. The number of fused-ring (bicyclic) bond motifs is 1. The number of benzene rings is 1. The molecule has 0 radical (unpaired) electrons. The van der Waals surface area contributed by atoms with E-state index in [9.17, 15) is 9.59 Å². The molecule has 2 rings (SSSR count). The molecular formula is C13H12N2O3. The van der Waals surface area contributed by atoms with Crippen LogP contribution in [-0.2, 0) is 9.53 Å². The number of amides is 1. The molecule has 1 aromatic heterocycles. The molecule has 0 saturated carbocycles. The maximum absolute atomic E-state index is 11.4. The first-order chi connectivity index (χ1) is 8.61. The topological polar surface area (TPSA) is 68.3 Å². The number of rotatable bonds is 2. The van der Waals surface area contributed by atoms with Gasteiger partial charge in [-0.2, -0.15) is 0 Å². The number of nitrogens with one attached hydrogen (secondary N) is 1. The smallest absolute Gasteiger partial charge is 0.356 e. The van der Waals surface area contributed by atoms with Gasteiger partial charge in [0.1, 0.15) is 5.69 Å². The number of aromatic nitrogens is 1. The molecular weight excluding hydrogens is 232 g/mol. The zero-order valence-electron chi connectivity index (χ0n) is 10.1. The molecule has 0 spiro atoms. The second-order valence-corrected chi connectivity index (χ2v) is 3.75. The van der Waals surface area contributed by atoms with Gasteiger partial charge in [-0.25, -0.2) is 9.78 Å². The van der Waals surface area contributed by atoms with Crippen LogP contribution in [0.15, 0.2) is 30.3 Å². The Kier molecular flexibility index (Phi) is 3.23. The molecule has 1 aromatic carbocycles. The number of hydrogen-bond donors (Lipinski definition) is 1. The van der Waals surface area contributed by atoms with Crippen LogP contribution in [0.2, 0.25) is 0 Å². The third-order valence-corrected chi connectivity index (χ3v) is 2.43. The normalized spacial score (nSPS) is 10.1. The van der Waals surface area contributed by atoms with Crippen molar-refractivity contribution in [2.75, 3.05) is 12.4 Å². The fourth-order valence-corrected chi connectivity index (χ4v) is 1.66. The summed E-state index contributed by atoms with van der Waals surface area (Å²) in [6.45, 7) is 1.42. The first kappa shape index (κ1) is 12.0. The van der Waals surface area contributed by atoms with Crippen molar-refractivity contribution in [2.24, 2.45) is 0 Å². The van der Waals surface area contributed by atoms with E-state index >= 15 is 0 Å². The van der Waals surface area contributed by atoms with Crippen molar-refractivity contribution in [1.82, 2.24) is 4.98 Å². The van der Waals surface area contributed by atoms with Gasteiger partial charge in [-0.15, -0.1) is 0 Å². The standard InChI is InChI=1S/C13H12N2O3/c1-8(16)14-10-5-3-4-9-6-7-11(13(17)18-2)15-12(9)10/h3-7H,1-2H3,(H,14,16). The molecule has 1 amide bonds. The van der Waals surface area contributed by atoms with E-state index in [1.165, 1.54) is 14.0 Å². The third kappa shape index (κ3) is 2.29. The summed E-state index contributed by atoms with van der Waals surface area (Å²) in [7, 11) is 1.30. The minimum atomic E-state index is -0.505. The van der Waals surface area contributed by atoms with E-state index in [-0.39, 0.29) is 11.6 Å². The number of hydrogen-bond acceptors (Lipinski definition) is 4. The zero-order valence-corrected chi connectivity index (χ0v) is 10.1. The Morgan fingerprint density at radius 1 is 1.22 bits per heavy atom. The Hall–Kier alpha value is -2.43. The second-order valence-electron chi connectivity index (χ2n) is 3.75. The Balaban J connectivity index is 2.58. The fourth-order valence-electron chi connectivity index (χ4n) is 1.66. The molecule has 0 bridgehead atoms. The van der Waals surface area contributed by atoms with E-state index in [0.29, 0.717) is 11.2 Å². The number of esters is 1. The first-order valence-electron chi connectivity index (χ1n) is 5.37. The Bertz CT molecular complexity index is 623. The summed E-state index contributed by atoms with van der Waals surface area (Å²) >= 11 is 0. The highest BCUT2D eigenvalue weighted by Gasteiger charge is 2.10. The molecule has 1 N–H and O–H groups in total. The highest BCUT2D eigenvalue weighted by atomic mass is 16.5. The minimum Gasteiger partial charge on any atom is -0.464 e. The predicted molar refractivity (Wildman–Crippen MR) is 67.4 cm³/mol. The van der Waals surface area contributed by atoms with Crippen molar-refractivity contribution in [1.29, 1.82) is 0 Å². The summed E-state index contributed by atoms with van der Waals surface area (Å²) in [6, 6.07) is 8.76. The summed E-state index contributed by atoms with van der Waals surface area (Å²) in [5.74, 6) is -0.692. The molecule has 5 heteroatoms. The van der Waals surface area contributed by atoms with Crippen LogP contribution in [0.25, 0.3) is 10.9 Å². The van der Waals surface area contributed by atoms with Crippen molar-refractivity contribution in [2.45, 2.75) is 6.92 Å². The Morgan fingerprint density at radius 2 is 2.00 bits per heavy atom. The predicted octanol–water partition coefficient (Wildman–Crippen LogP) is 1.98. The molecule has 18 heavy (non-hydrogen) atoms. The van der Waals surface area contributed by atoms with Gasteiger partial charge in [-0.05, 0) is 12.1 Å².